The highest BCUT2D eigenvalue weighted by Gasteiger charge is 2.35. The summed E-state index contributed by atoms with van der Waals surface area (Å²) >= 11 is 5.95. The lowest BCUT2D eigenvalue weighted by Gasteiger charge is -2.22. The van der Waals surface area contributed by atoms with Crippen molar-refractivity contribution in [3.63, 3.8) is 0 Å². The van der Waals surface area contributed by atoms with E-state index in [1.807, 2.05) is 59.5 Å². The summed E-state index contributed by atoms with van der Waals surface area (Å²) in [7, 11) is 0. The second-order valence-electron chi connectivity index (χ2n) is 7.15. The van der Waals surface area contributed by atoms with Gasteiger partial charge in [0.25, 0.3) is 5.91 Å². The van der Waals surface area contributed by atoms with Crippen LogP contribution in [0.3, 0.4) is 0 Å². The van der Waals surface area contributed by atoms with Crippen molar-refractivity contribution >= 4 is 28.3 Å². The van der Waals surface area contributed by atoms with Gasteiger partial charge in [-0.15, -0.1) is 0 Å². The molecule has 5 rings (SSSR count). The number of carbonyl (C=O) groups is 1. The van der Waals surface area contributed by atoms with Crippen molar-refractivity contribution in [1.82, 2.24) is 15.0 Å². The second-order valence-corrected chi connectivity index (χ2v) is 7.58. The first-order chi connectivity index (χ1) is 14.2. The summed E-state index contributed by atoms with van der Waals surface area (Å²) in [6.07, 6.45) is 1.71. The van der Waals surface area contributed by atoms with Gasteiger partial charge in [-0.25, -0.2) is 0 Å². The van der Waals surface area contributed by atoms with Gasteiger partial charge in [-0.1, -0.05) is 53.2 Å². The van der Waals surface area contributed by atoms with E-state index in [0.29, 0.717) is 28.8 Å². The number of amides is 1. The largest absolute Gasteiger partial charge is 0.337 e. The van der Waals surface area contributed by atoms with Crippen molar-refractivity contribution in [2.75, 3.05) is 6.54 Å². The molecule has 1 atom stereocenters. The molecule has 0 aliphatic carbocycles. The van der Waals surface area contributed by atoms with Crippen molar-refractivity contribution in [2.45, 2.75) is 18.9 Å². The Balaban J connectivity index is 1.46. The van der Waals surface area contributed by atoms with E-state index in [0.717, 1.165) is 29.2 Å². The van der Waals surface area contributed by atoms with Crippen LogP contribution in [-0.4, -0.2) is 27.5 Å². The van der Waals surface area contributed by atoms with Crippen molar-refractivity contribution in [3.05, 3.63) is 83.2 Å². The molecule has 0 saturated carbocycles. The van der Waals surface area contributed by atoms with Gasteiger partial charge in [0.2, 0.25) is 11.7 Å². The van der Waals surface area contributed by atoms with Gasteiger partial charge in [0.15, 0.2) is 0 Å². The number of nitrogens with zero attached hydrogens (tertiary/aromatic N) is 3. The lowest BCUT2D eigenvalue weighted by Crippen LogP contribution is -2.30. The molecule has 3 aromatic carbocycles. The number of fused-ring (bicyclic) bond motifs is 1. The predicted molar refractivity (Wildman–Crippen MR) is 112 cm³/mol. The van der Waals surface area contributed by atoms with Gasteiger partial charge in [-0.3, -0.25) is 4.79 Å². The number of halogens is 1. The third-order valence-electron chi connectivity index (χ3n) is 5.36. The van der Waals surface area contributed by atoms with E-state index in [1.54, 1.807) is 12.1 Å². The molecule has 0 radical (unpaired) electrons. The Morgan fingerprint density at radius 2 is 1.83 bits per heavy atom. The van der Waals surface area contributed by atoms with Gasteiger partial charge < -0.3 is 9.42 Å². The summed E-state index contributed by atoms with van der Waals surface area (Å²) in [4.78, 5) is 19.8. The Morgan fingerprint density at radius 1 is 1.03 bits per heavy atom. The number of benzene rings is 3. The van der Waals surface area contributed by atoms with Gasteiger partial charge in [-0.2, -0.15) is 4.98 Å². The Labute approximate surface area is 172 Å². The first-order valence-corrected chi connectivity index (χ1v) is 9.97. The summed E-state index contributed by atoms with van der Waals surface area (Å²) in [6.45, 7) is 0.672. The number of likely N-dealkylation sites (tertiary alicyclic amines) is 1. The molecule has 29 heavy (non-hydrogen) atoms. The van der Waals surface area contributed by atoms with Gasteiger partial charge in [-0.05, 0) is 53.9 Å². The molecule has 1 saturated heterocycles. The summed E-state index contributed by atoms with van der Waals surface area (Å²) in [6, 6.07) is 20.8. The van der Waals surface area contributed by atoms with E-state index in [9.17, 15) is 4.79 Å². The van der Waals surface area contributed by atoms with E-state index in [2.05, 4.69) is 10.1 Å². The number of hydrogen-bond donors (Lipinski definition) is 0. The van der Waals surface area contributed by atoms with Gasteiger partial charge >= 0.3 is 0 Å². The highest BCUT2D eigenvalue weighted by Crippen LogP contribution is 2.34. The molecule has 4 aromatic rings. The van der Waals surface area contributed by atoms with Crippen molar-refractivity contribution in [1.29, 1.82) is 0 Å². The van der Waals surface area contributed by atoms with Crippen LogP contribution in [0.1, 0.15) is 35.1 Å². The fourth-order valence-electron chi connectivity index (χ4n) is 3.92. The molecule has 1 unspecified atom stereocenters. The maximum Gasteiger partial charge on any atom is 0.255 e. The van der Waals surface area contributed by atoms with Gasteiger partial charge in [0.1, 0.15) is 6.04 Å². The smallest absolute Gasteiger partial charge is 0.255 e. The van der Waals surface area contributed by atoms with Crippen LogP contribution in [0.5, 0.6) is 0 Å². The summed E-state index contributed by atoms with van der Waals surface area (Å²) < 4.78 is 5.55. The minimum Gasteiger partial charge on any atom is -0.337 e. The molecule has 1 aromatic heterocycles. The van der Waals surface area contributed by atoms with E-state index < -0.39 is 0 Å². The molecule has 0 bridgehead atoms. The van der Waals surface area contributed by atoms with Crippen molar-refractivity contribution in [3.8, 4) is 11.4 Å². The van der Waals surface area contributed by atoms with Crippen molar-refractivity contribution in [2.24, 2.45) is 0 Å². The molecule has 1 aliphatic rings. The zero-order valence-electron chi connectivity index (χ0n) is 15.6. The van der Waals surface area contributed by atoms with Crippen LogP contribution in [-0.2, 0) is 0 Å². The second kappa shape index (κ2) is 7.33. The molecule has 6 heteroatoms. The van der Waals surface area contributed by atoms with Crippen LogP contribution in [0.15, 0.2) is 71.3 Å². The first kappa shape index (κ1) is 17.9. The van der Waals surface area contributed by atoms with Crippen LogP contribution in [0.4, 0.5) is 0 Å². The molecule has 1 aliphatic heterocycles. The van der Waals surface area contributed by atoms with Crippen LogP contribution in [0.2, 0.25) is 5.02 Å². The van der Waals surface area contributed by atoms with Crippen LogP contribution >= 0.6 is 11.6 Å². The molecule has 5 nitrogen and oxygen atoms in total. The zero-order valence-corrected chi connectivity index (χ0v) is 16.3. The maximum atomic E-state index is 13.4. The SMILES string of the molecule is O=C(c1cccc2ccccc12)N1CCCC1c1nc(-c2ccc(Cl)cc2)no1. The third-order valence-corrected chi connectivity index (χ3v) is 5.61. The number of carbonyl (C=O) groups excluding carboxylic acids is 1. The molecule has 0 N–H and O–H groups in total. The van der Waals surface area contributed by atoms with Crippen molar-refractivity contribution < 1.29 is 9.32 Å². The summed E-state index contributed by atoms with van der Waals surface area (Å²) in [5.74, 6) is 0.970. The standard InChI is InChI=1S/C23H18ClN3O2/c24-17-12-10-16(11-13-17)21-25-22(29-26-21)20-9-4-14-27(20)23(28)19-8-3-6-15-5-1-2-7-18(15)19/h1-3,5-8,10-13,20H,4,9,14H2. The zero-order chi connectivity index (χ0) is 19.8. The topological polar surface area (TPSA) is 59.2 Å². The predicted octanol–water partition coefficient (Wildman–Crippen LogP) is 5.52. The maximum absolute atomic E-state index is 13.4. The van der Waals surface area contributed by atoms with E-state index >= 15 is 0 Å². The number of hydrogen-bond acceptors (Lipinski definition) is 4. The summed E-state index contributed by atoms with van der Waals surface area (Å²) in [5, 5.41) is 6.77. The molecule has 2 heterocycles. The summed E-state index contributed by atoms with van der Waals surface area (Å²) in [5.41, 5.74) is 1.53. The van der Waals surface area contributed by atoms with Crippen LogP contribution in [0.25, 0.3) is 22.2 Å². The molecular weight excluding hydrogens is 386 g/mol. The quantitative estimate of drug-likeness (QED) is 0.452. The Hall–Kier alpha value is -3.18. The average Bonchev–Trinajstić information content (AvgIpc) is 3.43. The minimum atomic E-state index is -0.213. The highest BCUT2D eigenvalue weighted by molar-refractivity contribution is 6.30. The Morgan fingerprint density at radius 3 is 2.69 bits per heavy atom. The fourth-order valence-corrected chi connectivity index (χ4v) is 4.05. The van der Waals surface area contributed by atoms with E-state index in [-0.39, 0.29) is 11.9 Å². The lowest BCUT2D eigenvalue weighted by atomic mass is 10.0. The molecule has 0 spiro atoms. The van der Waals surface area contributed by atoms with Gasteiger partial charge in [0, 0.05) is 22.7 Å². The lowest BCUT2D eigenvalue weighted by molar-refractivity contribution is 0.0712. The molecule has 1 fully saturated rings. The number of aromatic nitrogens is 2. The van der Waals surface area contributed by atoms with E-state index in [1.165, 1.54) is 0 Å². The molecule has 1 amide bonds. The van der Waals surface area contributed by atoms with Crippen LogP contribution < -0.4 is 0 Å². The Bertz CT molecular complexity index is 1180. The van der Waals surface area contributed by atoms with E-state index in [4.69, 9.17) is 16.1 Å². The average molecular weight is 404 g/mol. The van der Waals surface area contributed by atoms with Gasteiger partial charge in [0.05, 0.1) is 0 Å². The molecular formula is C23H18ClN3O2. The monoisotopic (exact) mass is 403 g/mol. The molecule has 144 valence electrons. The first-order valence-electron chi connectivity index (χ1n) is 9.59. The Kier molecular flexibility index (Phi) is 4.52. The van der Waals surface area contributed by atoms with Crippen LogP contribution in [0, 0.1) is 0 Å². The minimum absolute atomic E-state index is 0.00413. The third kappa shape index (κ3) is 3.28. The highest BCUT2D eigenvalue weighted by atomic mass is 35.5. The normalized spacial score (nSPS) is 16.4. The number of rotatable bonds is 3. The fraction of sp³-hybridized carbons (Fsp3) is 0.174.